The van der Waals surface area contributed by atoms with Crippen molar-refractivity contribution in [2.75, 3.05) is 18.4 Å². The van der Waals surface area contributed by atoms with Crippen LogP contribution < -0.4 is 10.1 Å². The lowest BCUT2D eigenvalue weighted by atomic mass is 10.0. The molecule has 34 heavy (non-hydrogen) atoms. The normalized spacial score (nSPS) is 11.6. The molecule has 2 aromatic carbocycles. The van der Waals surface area contributed by atoms with E-state index in [-0.39, 0.29) is 16.6 Å². The quantitative estimate of drug-likeness (QED) is 0.311. The molecule has 1 heterocycles. The van der Waals surface area contributed by atoms with Gasteiger partial charge in [-0.2, -0.15) is 9.29 Å². The molecule has 0 saturated carbocycles. The lowest BCUT2D eigenvalue weighted by Gasteiger charge is -2.18. The highest BCUT2D eigenvalue weighted by atomic mass is 32.2. The first-order valence-electron chi connectivity index (χ1n) is 10.8. The van der Waals surface area contributed by atoms with Gasteiger partial charge < -0.3 is 10.1 Å². The third-order valence-corrected chi connectivity index (χ3v) is 7.26. The number of nitrogens with zero attached hydrogens (tertiary/aromatic N) is 4. The molecule has 0 fully saturated rings. The Morgan fingerprint density at radius 2 is 1.65 bits per heavy atom. The van der Waals surface area contributed by atoms with Crippen LogP contribution >= 0.6 is 0 Å². The summed E-state index contributed by atoms with van der Waals surface area (Å²) in [6.45, 7) is 8.38. The van der Waals surface area contributed by atoms with Gasteiger partial charge in [-0.1, -0.05) is 39.8 Å². The first-order chi connectivity index (χ1) is 16.2. The van der Waals surface area contributed by atoms with E-state index in [4.69, 9.17) is 4.74 Å². The highest BCUT2D eigenvalue weighted by Gasteiger charge is 2.26. The van der Waals surface area contributed by atoms with E-state index in [1.54, 1.807) is 26.0 Å². The molecule has 0 amide bonds. The molecule has 0 unspecified atom stereocenters. The summed E-state index contributed by atoms with van der Waals surface area (Å²) in [7, 11) is -3.61. The van der Waals surface area contributed by atoms with Crippen LogP contribution in [0.4, 0.5) is 17.2 Å². The van der Waals surface area contributed by atoms with Crippen LogP contribution in [0.15, 0.2) is 59.8 Å². The van der Waals surface area contributed by atoms with E-state index < -0.39 is 20.6 Å². The number of sulfonamides is 1. The van der Waals surface area contributed by atoms with Crippen LogP contribution in [0.5, 0.6) is 11.6 Å². The molecule has 3 aromatic rings. The third-order valence-electron chi connectivity index (χ3n) is 5.19. The van der Waals surface area contributed by atoms with Crippen LogP contribution in [-0.4, -0.2) is 40.7 Å². The van der Waals surface area contributed by atoms with Crippen molar-refractivity contribution in [1.82, 2.24) is 14.3 Å². The lowest BCUT2D eigenvalue weighted by Crippen LogP contribution is -2.30. The van der Waals surface area contributed by atoms with Gasteiger partial charge in [0.1, 0.15) is 12.1 Å². The van der Waals surface area contributed by atoms with Crippen molar-refractivity contribution in [2.24, 2.45) is 0 Å². The molecule has 1 aromatic heterocycles. The van der Waals surface area contributed by atoms with Crippen LogP contribution in [0.2, 0.25) is 0 Å². The van der Waals surface area contributed by atoms with E-state index in [0.717, 1.165) is 11.9 Å². The number of hydrogen-bond acceptors (Lipinski definition) is 8. The Bertz CT molecular complexity index is 1240. The Kier molecular flexibility index (Phi) is 7.79. The summed E-state index contributed by atoms with van der Waals surface area (Å²) in [6.07, 6.45) is 1.16. The third kappa shape index (κ3) is 5.49. The van der Waals surface area contributed by atoms with Gasteiger partial charge in [-0.05, 0) is 47.9 Å². The first kappa shape index (κ1) is 25.1. The second-order valence-corrected chi connectivity index (χ2v) is 9.64. The number of anilines is 2. The second kappa shape index (κ2) is 10.6. The summed E-state index contributed by atoms with van der Waals surface area (Å²) in [5, 5.41) is 14.7. The molecule has 0 saturated heterocycles. The fourth-order valence-electron chi connectivity index (χ4n) is 3.29. The number of nitro groups is 1. The molecule has 0 radical (unpaired) electrons. The number of benzene rings is 2. The average molecular weight is 486 g/mol. The van der Waals surface area contributed by atoms with Gasteiger partial charge in [-0.3, -0.25) is 10.1 Å². The summed E-state index contributed by atoms with van der Waals surface area (Å²) in [6, 6.07) is 13.2. The van der Waals surface area contributed by atoms with Gasteiger partial charge in [-0.25, -0.2) is 13.4 Å². The van der Waals surface area contributed by atoms with E-state index in [1.165, 1.54) is 28.6 Å². The largest absolute Gasteiger partial charge is 0.434 e. The molecule has 0 spiro atoms. The van der Waals surface area contributed by atoms with Crippen LogP contribution in [0.3, 0.4) is 0 Å². The van der Waals surface area contributed by atoms with Crippen molar-refractivity contribution >= 4 is 27.2 Å². The zero-order valence-corrected chi connectivity index (χ0v) is 20.2. The summed E-state index contributed by atoms with van der Waals surface area (Å²) in [4.78, 5) is 19.3. The Hall–Kier alpha value is -3.57. The zero-order chi connectivity index (χ0) is 24.9. The molecule has 0 atom stereocenters. The highest BCUT2D eigenvalue weighted by Crippen LogP contribution is 2.36. The average Bonchev–Trinajstić information content (AvgIpc) is 2.80. The SMILES string of the molecule is CCN(CC)S(=O)(=O)c1ccc(Nc2ncnc(Oc3ccc(C(C)C)cc3)c2[N+](=O)[O-])cc1. The van der Waals surface area contributed by atoms with Crippen molar-refractivity contribution in [1.29, 1.82) is 0 Å². The summed E-state index contributed by atoms with van der Waals surface area (Å²) >= 11 is 0. The number of hydrogen-bond donors (Lipinski definition) is 1. The summed E-state index contributed by atoms with van der Waals surface area (Å²) in [5.41, 5.74) is 1.10. The van der Waals surface area contributed by atoms with Crippen LogP contribution in [0, 0.1) is 10.1 Å². The molecule has 0 aliphatic rings. The van der Waals surface area contributed by atoms with E-state index in [1.807, 2.05) is 12.1 Å². The Balaban J connectivity index is 1.87. The lowest BCUT2D eigenvalue weighted by molar-refractivity contribution is -0.385. The van der Waals surface area contributed by atoms with Crippen molar-refractivity contribution in [3.05, 3.63) is 70.5 Å². The minimum Gasteiger partial charge on any atom is -0.434 e. The van der Waals surface area contributed by atoms with E-state index >= 15 is 0 Å². The van der Waals surface area contributed by atoms with Gasteiger partial charge in [0.2, 0.25) is 15.8 Å². The predicted molar refractivity (Wildman–Crippen MR) is 129 cm³/mol. The van der Waals surface area contributed by atoms with Crippen LogP contribution in [-0.2, 0) is 10.0 Å². The predicted octanol–water partition coefficient (Wildman–Crippen LogP) is 5.07. The molecule has 10 nitrogen and oxygen atoms in total. The van der Waals surface area contributed by atoms with Gasteiger partial charge >= 0.3 is 11.6 Å². The van der Waals surface area contributed by atoms with Crippen molar-refractivity contribution in [2.45, 2.75) is 38.5 Å². The number of aromatic nitrogens is 2. The maximum Gasteiger partial charge on any atom is 0.373 e. The van der Waals surface area contributed by atoms with Crippen LogP contribution in [0.25, 0.3) is 0 Å². The topological polar surface area (TPSA) is 128 Å². The van der Waals surface area contributed by atoms with Gasteiger partial charge in [-0.15, -0.1) is 0 Å². The molecular weight excluding hydrogens is 458 g/mol. The standard InChI is InChI=1S/C23H27N5O5S/c1-5-27(6-2)34(31,32)20-13-9-18(10-14-20)26-22-21(28(29)30)23(25-15-24-22)33-19-11-7-17(8-12-19)16(3)4/h7-16H,5-6H2,1-4H3,(H,24,25,26). The fourth-order valence-corrected chi connectivity index (χ4v) is 4.74. The maximum absolute atomic E-state index is 12.7. The van der Waals surface area contributed by atoms with E-state index in [0.29, 0.717) is 30.4 Å². The molecule has 180 valence electrons. The molecule has 1 N–H and O–H groups in total. The minimum absolute atomic E-state index is 0.0758. The zero-order valence-electron chi connectivity index (χ0n) is 19.4. The fraction of sp³-hybridized carbons (Fsp3) is 0.304. The van der Waals surface area contributed by atoms with Gasteiger partial charge in [0.05, 0.1) is 9.82 Å². The Labute approximate surface area is 198 Å². The number of nitrogens with one attached hydrogen (secondary N) is 1. The molecule has 0 aliphatic heterocycles. The monoisotopic (exact) mass is 485 g/mol. The smallest absolute Gasteiger partial charge is 0.373 e. The van der Waals surface area contributed by atoms with E-state index in [2.05, 4.69) is 29.1 Å². The van der Waals surface area contributed by atoms with Crippen LogP contribution in [0.1, 0.15) is 39.2 Å². The Morgan fingerprint density at radius 3 is 2.18 bits per heavy atom. The molecule has 11 heteroatoms. The highest BCUT2D eigenvalue weighted by molar-refractivity contribution is 7.89. The van der Waals surface area contributed by atoms with Gasteiger partial charge in [0, 0.05) is 18.8 Å². The molecule has 3 rings (SSSR count). The second-order valence-electron chi connectivity index (χ2n) is 7.70. The van der Waals surface area contributed by atoms with Crippen molar-refractivity contribution < 1.29 is 18.1 Å². The molecule has 0 aliphatic carbocycles. The van der Waals surface area contributed by atoms with Crippen molar-refractivity contribution in [3.8, 4) is 11.6 Å². The number of ether oxygens (including phenoxy) is 1. The molecular formula is C23H27N5O5S. The first-order valence-corrected chi connectivity index (χ1v) is 12.3. The maximum atomic E-state index is 12.7. The van der Waals surface area contributed by atoms with Gasteiger partial charge in [0.15, 0.2) is 0 Å². The van der Waals surface area contributed by atoms with Crippen molar-refractivity contribution in [3.63, 3.8) is 0 Å². The Morgan fingerprint density at radius 1 is 1.03 bits per heavy atom. The minimum atomic E-state index is -3.61. The van der Waals surface area contributed by atoms with Gasteiger partial charge in [0.25, 0.3) is 0 Å². The summed E-state index contributed by atoms with van der Waals surface area (Å²) in [5.74, 6) is 0.462. The van der Waals surface area contributed by atoms with E-state index in [9.17, 15) is 18.5 Å². The summed E-state index contributed by atoms with van der Waals surface area (Å²) < 4.78 is 32.4. The molecule has 0 bridgehead atoms. The number of rotatable bonds is 10.